The van der Waals surface area contributed by atoms with Crippen molar-refractivity contribution in [3.05, 3.63) is 52.1 Å². The van der Waals surface area contributed by atoms with E-state index in [9.17, 15) is 0 Å². The Bertz CT molecular complexity index is 624. The molecule has 0 aliphatic carbocycles. The van der Waals surface area contributed by atoms with Crippen LogP contribution in [-0.2, 0) is 6.54 Å². The van der Waals surface area contributed by atoms with E-state index in [1.165, 1.54) is 0 Å². The number of aromatic nitrogens is 1. The van der Waals surface area contributed by atoms with Gasteiger partial charge < -0.3 is 5.32 Å². The highest BCUT2D eigenvalue weighted by Crippen LogP contribution is 2.35. The first-order valence-corrected chi connectivity index (χ1v) is 8.24. The lowest BCUT2D eigenvalue weighted by Crippen LogP contribution is -2.35. The molecule has 21 heavy (non-hydrogen) atoms. The van der Waals surface area contributed by atoms with E-state index < -0.39 is 0 Å². The molecule has 0 saturated carbocycles. The molecular weight excluding hydrogens is 323 g/mol. The fraction of sp³-hybridized carbons (Fsp3) is 0.312. The third-order valence-electron chi connectivity index (χ3n) is 2.76. The quantitative estimate of drug-likeness (QED) is 0.803. The predicted octanol–water partition coefficient (Wildman–Crippen LogP) is 5.43. The van der Waals surface area contributed by atoms with Crippen molar-refractivity contribution >= 4 is 35.0 Å². The van der Waals surface area contributed by atoms with Crippen LogP contribution < -0.4 is 5.32 Å². The number of hydrogen-bond acceptors (Lipinski definition) is 3. The zero-order valence-electron chi connectivity index (χ0n) is 12.3. The van der Waals surface area contributed by atoms with E-state index in [0.29, 0.717) is 10.0 Å². The highest BCUT2D eigenvalue weighted by molar-refractivity contribution is 7.99. The van der Waals surface area contributed by atoms with Gasteiger partial charge in [0.15, 0.2) is 0 Å². The van der Waals surface area contributed by atoms with Crippen LogP contribution in [0.25, 0.3) is 0 Å². The maximum absolute atomic E-state index is 6.23. The third-order valence-corrected chi connectivity index (χ3v) is 4.56. The van der Waals surface area contributed by atoms with Crippen LogP contribution in [0.15, 0.2) is 46.5 Å². The van der Waals surface area contributed by atoms with Gasteiger partial charge in [0.25, 0.3) is 0 Å². The summed E-state index contributed by atoms with van der Waals surface area (Å²) in [6, 6.07) is 9.54. The van der Waals surface area contributed by atoms with Crippen LogP contribution >= 0.6 is 35.0 Å². The van der Waals surface area contributed by atoms with Crippen molar-refractivity contribution in [2.24, 2.45) is 0 Å². The summed E-state index contributed by atoms with van der Waals surface area (Å²) in [5.41, 5.74) is 1.22. The first-order chi connectivity index (χ1) is 9.85. The maximum atomic E-state index is 6.23. The van der Waals surface area contributed by atoms with Crippen LogP contribution in [0.4, 0.5) is 0 Å². The lowest BCUT2D eigenvalue weighted by molar-refractivity contribution is 0.422. The van der Waals surface area contributed by atoms with Crippen molar-refractivity contribution in [3.8, 4) is 0 Å². The van der Waals surface area contributed by atoms with E-state index in [-0.39, 0.29) is 5.54 Å². The van der Waals surface area contributed by atoms with Gasteiger partial charge in [0.1, 0.15) is 5.03 Å². The van der Waals surface area contributed by atoms with Crippen molar-refractivity contribution in [2.45, 2.75) is 42.8 Å². The van der Waals surface area contributed by atoms with Gasteiger partial charge in [-0.25, -0.2) is 4.98 Å². The van der Waals surface area contributed by atoms with E-state index >= 15 is 0 Å². The molecule has 1 aromatic carbocycles. The molecule has 112 valence electrons. The monoisotopic (exact) mass is 340 g/mol. The SMILES string of the molecule is CC(C)(C)NCc1cccnc1Sc1ccc(Cl)cc1Cl. The Hall–Kier alpha value is -0.740. The summed E-state index contributed by atoms with van der Waals surface area (Å²) in [7, 11) is 0. The van der Waals surface area contributed by atoms with Gasteiger partial charge in [-0.1, -0.05) is 41.0 Å². The summed E-state index contributed by atoms with van der Waals surface area (Å²) >= 11 is 13.7. The first-order valence-electron chi connectivity index (χ1n) is 6.67. The van der Waals surface area contributed by atoms with Crippen molar-refractivity contribution < 1.29 is 0 Å². The third kappa shape index (κ3) is 5.19. The molecule has 0 amide bonds. The van der Waals surface area contributed by atoms with Gasteiger partial charge in [-0.15, -0.1) is 0 Å². The van der Waals surface area contributed by atoms with Crippen LogP contribution in [0, 0.1) is 0 Å². The molecule has 0 aliphatic heterocycles. The van der Waals surface area contributed by atoms with Gasteiger partial charge in [0, 0.05) is 28.2 Å². The minimum Gasteiger partial charge on any atom is -0.308 e. The highest BCUT2D eigenvalue weighted by Gasteiger charge is 2.12. The van der Waals surface area contributed by atoms with Crippen LogP contribution in [0.1, 0.15) is 26.3 Å². The second kappa shape index (κ2) is 7.01. The number of nitrogens with zero attached hydrogens (tertiary/aromatic N) is 1. The number of pyridine rings is 1. The molecule has 1 heterocycles. The number of nitrogens with one attached hydrogen (secondary N) is 1. The maximum Gasteiger partial charge on any atom is 0.105 e. The molecule has 0 atom stereocenters. The number of rotatable bonds is 4. The summed E-state index contributed by atoms with van der Waals surface area (Å²) in [6.45, 7) is 7.20. The average molecular weight is 341 g/mol. The lowest BCUT2D eigenvalue weighted by Gasteiger charge is -2.21. The Morgan fingerprint density at radius 3 is 2.62 bits per heavy atom. The Labute approximate surface area is 140 Å². The Balaban J connectivity index is 2.20. The molecule has 0 aliphatic rings. The molecule has 0 saturated heterocycles. The zero-order chi connectivity index (χ0) is 15.5. The van der Waals surface area contributed by atoms with Crippen molar-refractivity contribution in [2.75, 3.05) is 0 Å². The largest absolute Gasteiger partial charge is 0.308 e. The Morgan fingerprint density at radius 2 is 1.95 bits per heavy atom. The zero-order valence-corrected chi connectivity index (χ0v) is 14.6. The topological polar surface area (TPSA) is 24.9 Å². The minimum atomic E-state index is 0.0652. The Morgan fingerprint density at radius 1 is 1.19 bits per heavy atom. The molecule has 1 aromatic heterocycles. The smallest absolute Gasteiger partial charge is 0.105 e. The van der Waals surface area contributed by atoms with E-state index in [1.54, 1.807) is 24.0 Å². The molecule has 0 spiro atoms. The summed E-state index contributed by atoms with van der Waals surface area (Å²) < 4.78 is 0. The number of halogens is 2. The van der Waals surface area contributed by atoms with Gasteiger partial charge >= 0.3 is 0 Å². The predicted molar refractivity (Wildman–Crippen MR) is 91.4 cm³/mol. The molecule has 0 unspecified atom stereocenters. The lowest BCUT2D eigenvalue weighted by atomic mass is 10.1. The Kier molecular flexibility index (Phi) is 5.55. The van der Waals surface area contributed by atoms with E-state index in [2.05, 4.69) is 37.1 Å². The van der Waals surface area contributed by atoms with Crippen LogP contribution in [0.2, 0.25) is 10.0 Å². The molecule has 2 rings (SSSR count). The number of benzene rings is 1. The van der Waals surface area contributed by atoms with Crippen molar-refractivity contribution in [3.63, 3.8) is 0 Å². The normalized spacial score (nSPS) is 11.7. The van der Waals surface area contributed by atoms with Crippen molar-refractivity contribution in [1.29, 1.82) is 0 Å². The standard InChI is InChI=1S/C16H18Cl2N2S/c1-16(2,3)20-10-11-5-4-8-19-15(11)21-14-7-6-12(17)9-13(14)18/h4-9,20H,10H2,1-3H3. The van der Waals surface area contributed by atoms with Gasteiger partial charge in [0.2, 0.25) is 0 Å². The second-order valence-corrected chi connectivity index (χ2v) is 7.62. The van der Waals surface area contributed by atoms with Gasteiger partial charge in [-0.3, -0.25) is 0 Å². The van der Waals surface area contributed by atoms with E-state index in [4.69, 9.17) is 23.2 Å². The highest BCUT2D eigenvalue weighted by atomic mass is 35.5. The second-order valence-electron chi connectivity index (χ2n) is 5.75. The summed E-state index contributed by atoms with van der Waals surface area (Å²) in [5, 5.41) is 5.72. The molecule has 1 N–H and O–H groups in total. The minimum absolute atomic E-state index is 0.0652. The van der Waals surface area contributed by atoms with Crippen LogP contribution in [0.3, 0.4) is 0 Å². The summed E-state index contributed by atoms with van der Waals surface area (Å²) in [4.78, 5) is 5.42. The number of hydrogen-bond donors (Lipinski definition) is 1. The van der Waals surface area contributed by atoms with E-state index in [1.807, 2.05) is 18.2 Å². The van der Waals surface area contributed by atoms with Crippen LogP contribution in [0.5, 0.6) is 0 Å². The van der Waals surface area contributed by atoms with Gasteiger partial charge in [0.05, 0.1) is 5.02 Å². The van der Waals surface area contributed by atoms with Gasteiger partial charge in [-0.2, -0.15) is 0 Å². The van der Waals surface area contributed by atoms with E-state index in [0.717, 1.165) is 22.0 Å². The van der Waals surface area contributed by atoms with Crippen molar-refractivity contribution in [1.82, 2.24) is 10.3 Å². The molecule has 5 heteroatoms. The van der Waals surface area contributed by atoms with Crippen LogP contribution in [-0.4, -0.2) is 10.5 Å². The molecular formula is C16H18Cl2N2S. The van der Waals surface area contributed by atoms with Gasteiger partial charge in [-0.05, 0) is 50.6 Å². The molecule has 0 radical (unpaired) electrons. The molecule has 2 aromatic rings. The summed E-state index contributed by atoms with van der Waals surface area (Å²) in [6.07, 6.45) is 1.80. The molecule has 2 nitrogen and oxygen atoms in total. The summed E-state index contributed by atoms with van der Waals surface area (Å²) in [5.74, 6) is 0. The fourth-order valence-electron chi connectivity index (χ4n) is 1.67. The fourth-order valence-corrected chi connectivity index (χ4v) is 3.08. The molecule has 0 bridgehead atoms. The first kappa shape index (κ1) is 16.6. The molecule has 0 fully saturated rings. The average Bonchev–Trinajstić information content (AvgIpc) is 2.40.